The average Bonchev–Trinajstić information content (AvgIpc) is 2.08. The number of aliphatic hydroxyl groups excluding tert-OH is 1. The van der Waals surface area contributed by atoms with Crippen molar-refractivity contribution in [2.24, 2.45) is 0 Å². The summed E-state index contributed by atoms with van der Waals surface area (Å²) < 4.78 is 0. The lowest BCUT2D eigenvalue weighted by Crippen LogP contribution is -2.21. The van der Waals surface area contributed by atoms with Crippen molar-refractivity contribution in [2.45, 2.75) is 12.8 Å². The predicted octanol–water partition coefficient (Wildman–Crippen LogP) is 1.33. The van der Waals surface area contributed by atoms with Gasteiger partial charge in [0.1, 0.15) is 0 Å². The van der Waals surface area contributed by atoms with Gasteiger partial charge in [0, 0.05) is 6.54 Å². The highest BCUT2D eigenvalue weighted by Crippen LogP contribution is 1.94. The molecule has 0 amide bonds. The molecule has 0 unspecified atom stereocenters. The Hall–Kier alpha value is -0.540. The predicted molar refractivity (Wildman–Crippen MR) is 57.1 cm³/mol. The quantitative estimate of drug-likeness (QED) is 0.480. The van der Waals surface area contributed by atoms with Crippen LogP contribution in [0.15, 0.2) is 12.3 Å². The molecule has 0 saturated heterocycles. The van der Waals surface area contributed by atoms with Gasteiger partial charge in [-0.05, 0) is 53.2 Å². The molecule has 1 N–H and O–H groups in total. The van der Waals surface area contributed by atoms with E-state index in [1.165, 1.54) is 12.8 Å². The number of rotatable bonds is 7. The van der Waals surface area contributed by atoms with E-state index in [1.54, 1.807) is 6.08 Å². The van der Waals surface area contributed by atoms with E-state index in [0.29, 0.717) is 0 Å². The van der Waals surface area contributed by atoms with Crippen molar-refractivity contribution in [3.8, 4) is 0 Å². The topological polar surface area (TPSA) is 26.7 Å². The van der Waals surface area contributed by atoms with Gasteiger partial charge in [-0.25, -0.2) is 0 Å². The Morgan fingerprint density at radius 3 is 2.23 bits per heavy atom. The summed E-state index contributed by atoms with van der Waals surface area (Å²) in [6.07, 6.45) is 5.32. The summed E-state index contributed by atoms with van der Waals surface area (Å²) in [6, 6.07) is 0. The first kappa shape index (κ1) is 12.5. The van der Waals surface area contributed by atoms with Crippen LogP contribution < -0.4 is 0 Å². The zero-order valence-electron chi connectivity index (χ0n) is 9.03. The Morgan fingerprint density at radius 2 is 1.69 bits per heavy atom. The number of hydrogen-bond acceptors (Lipinski definition) is 3. The van der Waals surface area contributed by atoms with Gasteiger partial charge in [-0.15, -0.1) is 0 Å². The summed E-state index contributed by atoms with van der Waals surface area (Å²) in [5.74, 6) is 0. The molecule has 13 heavy (non-hydrogen) atoms. The second kappa shape index (κ2) is 8.08. The van der Waals surface area contributed by atoms with Crippen LogP contribution in [-0.4, -0.2) is 55.7 Å². The molecule has 0 aromatic heterocycles. The molecule has 0 aromatic carbocycles. The third-order valence-corrected chi connectivity index (χ3v) is 1.92. The number of unbranched alkanes of at least 4 members (excludes halogenated alkanes) is 1. The van der Waals surface area contributed by atoms with Gasteiger partial charge in [-0.2, -0.15) is 0 Å². The fourth-order valence-electron chi connectivity index (χ4n) is 1.13. The highest BCUT2D eigenvalue weighted by Gasteiger charge is 1.95. The van der Waals surface area contributed by atoms with Gasteiger partial charge in [-0.3, -0.25) is 0 Å². The molecule has 0 aromatic rings. The van der Waals surface area contributed by atoms with E-state index < -0.39 is 0 Å². The molecule has 0 radical (unpaired) electrons. The van der Waals surface area contributed by atoms with E-state index >= 15 is 0 Å². The molecule has 0 bridgehead atoms. The first-order chi connectivity index (χ1) is 6.16. The monoisotopic (exact) mass is 186 g/mol. The molecule has 0 aliphatic rings. The third-order valence-electron chi connectivity index (χ3n) is 1.92. The van der Waals surface area contributed by atoms with Gasteiger partial charge in [0.2, 0.25) is 0 Å². The number of likely N-dealkylation sites (N-methyl/N-ethyl adjacent to an activating group) is 1. The van der Waals surface area contributed by atoms with Crippen LogP contribution in [0.2, 0.25) is 0 Å². The molecule has 0 atom stereocenters. The highest BCUT2D eigenvalue weighted by atomic mass is 16.2. The van der Waals surface area contributed by atoms with Crippen LogP contribution in [0, 0.1) is 0 Å². The Morgan fingerprint density at radius 1 is 1.08 bits per heavy atom. The van der Waals surface area contributed by atoms with Crippen molar-refractivity contribution in [2.75, 3.05) is 40.8 Å². The van der Waals surface area contributed by atoms with Crippen molar-refractivity contribution in [1.29, 1.82) is 0 Å². The third kappa shape index (κ3) is 9.37. The minimum atomic E-state index is 0.832. The molecule has 0 rings (SSSR count). The molecular weight excluding hydrogens is 164 g/mol. The molecule has 0 aliphatic heterocycles. The van der Waals surface area contributed by atoms with Crippen LogP contribution in [0.3, 0.4) is 0 Å². The number of aliphatic hydroxyl groups is 1. The Balaban J connectivity index is 3.21. The van der Waals surface area contributed by atoms with E-state index in [0.717, 1.165) is 25.9 Å². The first-order valence-corrected chi connectivity index (χ1v) is 4.79. The summed E-state index contributed by atoms with van der Waals surface area (Å²) in [5, 5.41) is 8.45. The number of nitrogens with zero attached hydrogens (tertiary/aromatic N) is 2. The molecule has 3 heteroatoms. The van der Waals surface area contributed by atoms with Crippen molar-refractivity contribution in [3.05, 3.63) is 12.3 Å². The average molecular weight is 186 g/mol. The highest BCUT2D eigenvalue weighted by molar-refractivity contribution is 4.75. The lowest BCUT2D eigenvalue weighted by Gasteiger charge is -2.14. The smallest absolute Gasteiger partial charge is 0.0764 e. The van der Waals surface area contributed by atoms with Gasteiger partial charge in [0.25, 0.3) is 0 Å². The lowest BCUT2D eigenvalue weighted by atomic mass is 10.3. The van der Waals surface area contributed by atoms with Gasteiger partial charge < -0.3 is 14.9 Å². The van der Waals surface area contributed by atoms with E-state index in [2.05, 4.69) is 30.9 Å². The maximum absolute atomic E-state index is 8.45. The lowest BCUT2D eigenvalue weighted by molar-refractivity contribution is 0.332. The van der Waals surface area contributed by atoms with E-state index in [-0.39, 0.29) is 0 Å². The summed E-state index contributed by atoms with van der Waals surface area (Å²) >= 11 is 0. The van der Waals surface area contributed by atoms with Gasteiger partial charge >= 0.3 is 0 Å². The molecular formula is C10H22N2O. The summed E-state index contributed by atoms with van der Waals surface area (Å²) in [7, 11) is 6.26. The zero-order chi connectivity index (χ0) is 10.1. The molecule has 0 fully saturated rings. The molecule has 3 nitrogen and oxygen atoms in total. The maximum Gasteiger partial charge on any atom is 0.0764 e. The minimum Gasteiger partial charge on any atom is -0.516 e. The Kier molecular flexibility index (Phi) is 7.74. The normalized spacial score (nSPS) is 12.1. The van der Waals surface area contributed by atoms with Crippen LogP contribution in [0.1, 0.15) is 12.8 Å². The largest absolute Gasteiger partial charge is 0.516 e. The summed E-state index contributed by atoms with van der Waals surface area (Å²) in [5.41, 5.74) is 0. The Bertz CT molecular complexity index is 135. The van der Waals surface area contributed by atoms with Crippen molar-refractivity contribution >= 4 is 0 Å². The van der Waals surface area contributed by atoms with Crippen molar-refractivity contribution in [3.63, 3.8) is 0 Å². The van der Waals surface area contributed by atoms with Crippen LogP contribution in [0.5, 0.6) is 0 Å². The van der Waals surface area contributed by atoms with Gasteiger partial charge in [-0.1, -0.05) is 0 Å². The Labute approximate surface area is 81.6 Å². The molecule has 78 valence electrons. The van der Waals surface area contributed by atoms with Crippen LogP contribution in [-0.2, 0) is 0 Å². The summed E-state index contributed by atoms with van der Waals surface area (Å²) in [4.78, 5) is 4.40. The zero-order valence-corrected chi connectivity index (χ0v) is 9.03. The van der Waals surface area contributed by atoms with Crippen LogP contribution in [0.25, 0.3) is 0 Å². The van der Waals surface area contributed by atoms with E-state index in [1.807, 2.05) is 0 Å². The standard InChI is InChI=1S/C10H22N2O/c1-11(2)7-4-5-8-12(3)9-6-10-13/h6,10,13H,4-5,7-9H2,1-3H3/b10-6+. The fraction of sp³-hybridized carbons (Fsp3) is 0.800. The summed E-state index contributed by atoms with van der Waals surface area (Å²) in [6.45, 7) is 3.08. The van der Waals surface area contributed by atoms with Crippen molar-refractivity contribution in [1.82, 2.24) is 9.80 Å². The first-order valence-electron chi connectivity index (χ1n) is 4.79. The van der Waals surface area contributed by atoms with Gasteiger partial charge in [0.05, 0.1) is 6.26 Å². The molecule has 0 spiro atoms. The number of hydrogen-bond donors (Lipinski definition) is 1. The maximum atomic E-state index is 8.45. The SMILES string of the molecule is CN(C)CCCCN(C)C/C=C/O. The van der Waals surface area contributed by atoms with E-state index in [4.69, 9.17) is 5.11 Å². The second-order valence-electron chi connectivity index (χ2n) is 3.66. The van der Waals surface area contributed by atoms with Crippen LogP contribution >= 0.6 is 0 Å². The van der Waals surface area contributed by atoms with Crippen molar-refractivity contribution < 1.29 is 5.11 Å². The minimum absolute atomic E-state index is 0.832. The molecule has 0 heterocycles. The van der Waals surface area contributed by atoms with Gasteiger partial charge in [0.15, 0.2) is 0 Å². The van der Waals surface area contributed by atoms with Crippen LogP contribution in [0.4, 0.5) is 0 Å². The fourth-order valence-corrected chi connectivity index (χ4v) is 1.13. The molecule has 0 saturated carbocycles. The second-order valence-corrected chi connectivity index (χ2v) is 3.66. The molecule has 0 aliphatic carbocycles. The van der Waals surface area contributed by atoms with E-state index in [9.17, 15) is 0 Å².